The summed E-state index contributed by atoms with van der Waals surface area (Å²) in [5.41, 5.74) is 0.298. The first kappa shape index (κ1) is 18.2. The summed E-state index contributed by atoms with van der Waals surface area (Å²) >= 11 is 0. The van der Waals surface area contributed by atoms with Crippen LogP contribution in [0.4, 0.5) is 0 Å². The number of hydrazine groups is 1. The number of hydrogen-bond donors (Lipinski definition) is 1. The van der Waals surface area contributed by atoms with Crippen LogP contribution in [0.5, 0.6) is 0 Å². The number of pyridine rings is 1. The van der Waals surface area contributed by atoms with Gasteiger partial charge in [0.1, 0.15) is 4.90 Å². The molecule has 1 saturated heterocycles. The van der Waals surface area contributed by atoms with E-state index in [1.54, 1.807) is 24.3 Å². The fraction of sp³-hybridized carbons (Fsp3) is 0.400. The Morgan fingerprint density at radius 3 is 2.44 bits per heavy atom. The van der Waals surface area contributed by atoms with Gasteiger partial charge >= 0.3 is 0 Å². The second-order valence-electron chi connectivity index (χ2n) is 6.17. The van der Waals surface area contributed by atoms with Crippen LogP contribution in [0.2, 0.25) is 0 Å². The standard InChI is InChI=1S/C15H19N3O5S2/c1-17(2)18(12-9-24(20,21)10-13(12)19)25(22,23)14-7-3-5-11-6-4-8-16-15(11)14/h3-8,12-13,19H,9-10H2,1-2H3/t12-,13+/m1/s1. The van der Waals surface area contributed by atoms with Crippen LogP contribution < -0.4 is 0 Å². The fourth-order valence-electron chi connectivity index (χ4n) is 3.10. The van der Waals surface area contributed by atoms with Gasteiger partial charge < -0.3 is 5.11 Å². The summed E-state index contributed by atoms with van der Waals surface area (Å²) in [6.07, 6.45) is 0.209. The third kappa shape index (κ3) is 3.27. The number of benzene rings is 1. The molecule has 2 aromatic rings. The number of para-hydroxylation sites is 1. The molecule has 0 radical (unpaired) electrons. The average molecular weight is 385 g/mol. The topological polar surface area (TPSA) is 108 Å². The highest BCUT2D eigenvalue weighted by molar-refractivity contribution is 7.92. The highest BCUT2D eigenvalue weighted by atomic mass is 32.2. The molecule has 1 aliphatic heterocycles. The Morgan fingerprint density at radius 2 is 1.84 bits per heavy atom. The number of rotatable bonds is 4. The number of aliphatic hydroxyl groups is 1. The summed E-state index contributed by atoms with van der Waals surface area (Å²) in [4.78, 5) is 4.13. The molecular weight excluding hydrogens is 366 g/mol. The number of aromatic nitrogens is 1. The van der Waals surface area contributed by atoms with E-state index in [1.165, 1.54) is 31.4 Å². The van der Waals surface area contributed by atoms with Crippen molar-refractivity contribution in [2.24, 2.45) is 0 Å². The number of nitrogens with zero attached hydrogens (tertiary/aromatic N) is 3. The van der Waals surface area contributed by atoms with Crippen molar-refractivity contribution in [3.63, 3.8) is 0 Å². The lowest BCUT2D eigenvalue weighted by atomic mass is 10.2. The van der Waals surface area contributed by atoms with Gasteiger partial charge in [-0.3, -0.25) is 4.98 Å². The second-order valence-corrected chi connectivity index (χ2v) is 10.1. The van der Waals surface area contributed by atoms with Crippen molar-refractivity contribution in [3.8, 4) is 0 Å². The Kier molecular flexibility index (Phi) is 4.58. The van der Waals surface area contributed by atoms with Gasteiger partial charge in [0.2, 0.25) is 0 Å². The van der Waals surface area contributed by atoms with Crippen molar-refractivity contribution in [3.05, 3.63) is 36.5 Å². The number of sulfone groups is 1. The quantitative estimate of drug-likeness (QED) is 0.730. The van der Waals surface area contributed by atoms with E-state index < -0.39 is 43.5 Å². The van der Waals surface area contributed by atoms with Crippen molar-refractivity contribution in [1.29, 1.82) is 0 Å². The van der Waals surface area contributed by atoms with E-state index >= 15 is 0 Å². The lowest BCUT2D eigenvalue weighted by Crippen LogP contribution is -2.53. The largest absolute Gasteiger partial charge is 0.390 e. The van der Waals surface area contributed by atoms with Crippen LogP contribution in [0.3, 0.4) is 0 Å². The van der Waals surface area contributed by atoms with Crippen LogP contribution in [0.15, 0.2) is 41.4 Å². The molecule has 2 heterocycles. The van der Waals surface area contributed by atoms with E-state index in [0.717, 1.165) is 4.41 Å². The molecular formula is C15H19N3O5S2. The molecule has 2 atom stereocenters. The zero-order valence-electron chi connectivity index (χ0n) is 13.8. The Bertz CT molecular complexity index is 1000. The maximum atomic E-state index is 13.3. The zero-order chi connectivity index (χ0) is 18.4. The van der Waals surface area contributed by atoms with E-state index in [9.17, 15) is 21.9 Å². The predicted molar refractivity (Wildman–Crippen MR) is 92.9 cm³/mol. The van der Waals surface area contributed by atoms with Gasteiger partial charge in [0.05, 0.1) is 29.2 Å². The highest BCUT2D eigenvalue weighted by Crippen LogP contribution is 2.29. The van der Waals surface area contributed by atoms with Crippen LogP contribution in [0.25, 0.3) is 10.9 Å². The average Bonchev–Trinajstić information content (AvgIpc) is 2.78. The van der Waals surface area contributed by atoms with Crippen molar-refractivity contribution in [2.75, 3.05) is 25.6 Å². The highest BCUT2D eigenvalue weighted by Gasteiger charge is 2.46. The molecule has 0 unspecified atom stereocenters. The van der Waals surface area contributed by atoms with E-state index in [4.69, 9.17) is 0 Å². The first-order valence-electron chi connectivity index (χ1n) is 7.57. The summed E-state index contributed by atoms with van der Waals surface area (Å²) in [5.74, 6) is -0.880. The maximum absolute atomic E-state index is 13.3. The lowest BCUT2D eigenvalue weighted by Gasteiger charge is -2.34. The Balaban J connectivity index is 2.16. The molecule has 1 fully saturated rings. The Hall–Kier alpha value is -1.59. The van der Waals surface area contributed by atoms with E-state index in [2.05, 4.69) is 4.98 Å². The van der Waals surface area contributed by atoms with E-state index in [1.807, 2.05) is 0 Å². The third-order valence-electron chi connectivity index (χ3n) is 4.09. The molecule has 0 saturated carbocycles. The van der Waals surface area contributed by atoms with Gasteiger partial charge in [-0.15, -0.1) is 4.41 Å². The summed E-state index contributed by atoms with van der Waals surface area (Å²) in [6, 6.07) is 7.15. The molecule has 8 nitrogen and oxygen atoms in total. The molecule has 0 aliphatic carbocycles. The van der Waals surface area contributed by atoms with Crippen molar-refractivity contribution in [1.82, 2.24) is 14.4 Å². The summed E-state index contributed by atoms with van der Waals surface area (Å²) < 4.78 is 51.2. The molecule has 3 rings (SSSR count). The molecule has 136 valence electrons. The van der Waals surface area contributed by atoms with Gasteiger partial charge in [-0.2, -0.15) is 0 Å². The monoisotopic (exact) mass is 385 g/mol. The normalized spacial score (nSPS) is 23.6. The molecule has 10 heteroatoms. The Morgan fingerprint density at radius 1 is 1.16 bits per heavy atom. The van der Waals surface area contributed by atoms with Crippen LogP contribution in [0.1, 0.15) is 0 Å². The number of hydrogen-bond acceptors (Lipinski definition) is 7. The first-order chi connectivity index (χ1) is 11.6. The smallest absolute Gasteiger partial charge is 0.258 e. The first-order valence-corrected chi connectivity index (χ1v) is 10.8. The van der Waals surface area contributed by atoms with Crippen LogP contribution in [-0.4, -0.2) is 74.1 Å². The number of aliphatic hydroxyl groups excluding tert-OH is 1. The van der Waals surface area contributed by atoms with Crippen LogP contribution >= 0.6 is 0 Å². The predicted octanol–water partition coefficient (Wildman–Crippen LogP) is -0.140. The summed E-state index contributed by atoms with van der Waals surface area (Å²) in [5, 5.41) is 12.1. The van der Waals surface area contributed by atoms with Gasteiger partial charge in [-0.1, -0.05) is 18.2 Å². The molecule has 0 bridgehead atoms. The minimum absolute atomic E-state index is 0.0317. The molecule has 1 aromatic heterocycles. The van der Waals surface area contributed by atoms with Gasteiger partial charge in [0.15, 0.2) is 9.84 Å². The number of sulfonamides is 1. The molecule has 25 heavy (non-hydrogen) atoms. The minimum atomic E-state index is -4.12. The van der Waals surface area contributed by atoms with E-state index in [-0.39, 0.29) is 4.90 Å². The Labute approximate surface area is 146 Å². The van der Waals surface area contributed by atoms with Crippen LogP contribution in [-0.2, 0) is 19.9 Å². The van der Waals surface area contributed by atoms with Crippen LogP contribution in [0, 0.1) is 0 Å². The number of fused-ring (bicyclic) bond motifs is 1. The maximum Gasteiger partial charge on any atom is 0.258 e. The van der Waals surface area contributed by atoms with Gasteiger partial charge in [-0.25, -0.2) is 21.8 Å². The van der Waals surface area contributed by atoms with Crippen molar-refractivity contribution in [2.45, 2.75) is 17.0 Å². The molecule has 0 spiro atoms. The van der Waals surface area contributed by atoms with Gasteiger partial charge in [-0.05, 0) is 12.1 Å². The zero-order valence-corrected chi connectivity index (χ0v) is 15.4. The third-order valence-corrected chi connectivity index (χ3v) is 7.77. The summed E-state index contributed by atoms with van der Waals surface area (Å²) in [6.45, 7) is 0. The SMILES string of the molecule is CN(C)N([C@@H]1CS(=O)(=O)C[C@@H]1O)S(=O)(=O)c1cccc2cccnc12. The molecule has 1 N–H and O–H groups in total. The summed E-state index contributed by atoms with van der Waals surface area (Å²) in [7, 11) is -4.64. The van der Waals surface area contributed by atoms with Crippen molar-refractivity contribution < 1.29 is 21.9 Å². The van der Waals surface area contributed by atoms with E-state index in [0.29, 0.717) is 10.9 Å². The minimum Gasteiger partial charge on any atom is -0.390 e. The van der Waals surface area contributed by atoms with Gasteiger partial charge in [0.25, 0.3) is 10.0 Å². The lowest BCUT2D eigenvalue weighted by molar-refractivity contribution is 0.0272. The molecule has 1 aromatic carbocycles. The molecule has 0 amide bonds. The van der Waals surface area contributed by atoms with Gasteiger partial charge in [0, 0.05) is 25.7 Å². The van der Waals surface area contributed by atoms with Crippen molar-refractivity contribution >= 4 is 30.8 Å². The molecule has 1 aliphatic rings. The fourth-order valence-corrected chi connectivity index (χ4v) is 6.82. The second kappa shape index (κ2) is 6.29.